The highest BCUT2D eigenvalue weighted by molar-refractivity contribution is 5.78. The number of carbonyl (C=O) groups excluding carboxylic acids is 2. The van der Waals surface area contributed by atoms with Gasteiger partial charge in [0.25, 0.3) is 0 Å². The predicted octanol–water partition coefficient (Wildman–Crippen LogP) is 2.48. The lowest BCUT2D eigenvalue weighted by atomic mass is 9.73. The van der Waals surface area contributed by atoms with Crippen LogP contribution in [-0.4, -0.2) is 51.2 Å². The fourth-order valence-corrected chi connectivity index (χ4v) is 4.08. The van der Waals surface area contributed by atoms with Crippen LogP contribution in [0.15, 0.2) is 25.0 Å². The van der Waals surface area contributed by atoms with E-state index in [0.717, 1.165) is 50.2 Å². The van der Waals surface area contributed by atoms with Gasteiger partial charge in [0, 0.05) is 44.1 Å². The smallest absolute Gasteiger partial charge is 0.222 e. The second-order valence-electron chi connectivity index (χ2n) is 7.65. The fourth-order valence-electron chi connectivity index (χ4n) is 4.08. The predicted molar refractivity (Wildman–Crippen MR) is 99.1 cm³/mol. The number of aromatic nitrogens is 2. The lowest BCUT2D eigenvalue weighted by Crippen LogP contribution is -2.54. The van der Waals surface area contributed by atoms with E-state index in [4.69, 9.17) is 0 Å². The van der Waals surface area contributed by atoms with Crippen molar-refractivity contribution in [2.45, 2.75) is 52.0 Å². The highest BCUT2D eigenvalue weighted by Crippen LogP contribution is 2.39. The van der Waals surface area contributed by atoms with Crippen LogP contribution in [0.3, 0.4) is 0 Å². The number of rotatable bonds is 5. The van der Waals surface area contributed by atoms with Gasteiger partial charge in [0.05, 0.1) is 24.1 Å². The van der Waals surface area contributed by atoms with Gasteiger partial charge in [-0.15, -0.1) is 6.58 Å². The summed E-state index contributed by atoms with van der Waals surface area (Å²) in [4.78, 5) is 37.4. The molecule has 0 radical (unpaired) electrons. The van der Waals surface area contributed by atoms with Gasteiger partial charge in [-0.25, -0.2) is 0 Å². The maximum atomic E-state index is 12.4. The number of amides is 2. The molecule has 0 bridgehead atoms. The second-order valence-corrected chi connectivity index (χ2v) is 7.65. The van der Waals surface area contributed by atoms with Gasteiger partial charge < -0.3 is 9.80 Å². The molecule has 1 atom stereocenters. The first-order valence-corrected chi connectivity index (χ1v) is 9.45. The topological polar surface area (TPSA) is 66.4 Å². The van der Waals surface area contributed by atoms with Crippen molar-refractivity contribution >= 4 is 11.8 Å². The Morgan fingerprint density at radius 3 is 2.88 bits per heavy atom. The zero-order valence-corrected chi connectivity index (χ0v) is 15.6. The Hall–Kier alpha value is -2.24. The van der Waals surface area contributed by atoms with Crippen molar-refractivity contribution in [2.24, 2.45) is 5.41 Å². The summed E-state index contributed by atoms with van der Waals surface area (Å²) in [5.74, 6) is 0.380. The molecule has 3 heterocycles. The summed E-state index contributed by atoms with van der Waals surface area (Å²) in [5, 5.41) is 0. The van der Waals surface area contributed by atoms with Gasteiger partial charge in [-0.1, -0.05) is 6.08 Å². The summed E-state index contributed by atoms with van der Waals surface area (Å²) in [6.07, 6.45) is 10.0. The van der Waals surface area contributed by atoms with Gasteiger partial charge >= 0.3 is 0 Å². The van der Waals surface area contributed by atoms with Crippen molar-refractivity contribution in [3.63, 3.8) is 0 Å². The Morgan fingerprint density at radius 2 is 2.15 bits per heavy atom. The average Bonchev–Trinajstić information content (AvgIpc) is 2.65. The minimum Gasteiger partial charge on any atom is -0.342 e. The number of hydrogen-bond acceptors (Lipinski definition) is 4. The van der Waals surface area contributed by atoms with E-state index in [0.29, 0.717) is 25.9 Å². The molecule has 0 aliphatic carbocycles. The molecule has 2 saturated heterocycles. The Labute approximate surface area is 155 Å². The third-order valence-electron chi connectivity index (χ3n) is 5.51. The first-order valence-electron chi connectivity index (χ1n) is 9.45. The normalized spacial score (nSPS) is 23.3. The number of likely N-dealkylation sites (tertiary alicyclic amines) is 2. The zero-order chi connectivity index (χ0) is 18.6. The molecule has 2 amide bonds. The minimum absolute atomic E-state index is 0.0219. The minimum atomic E-state index is 0.0219. The van der Waals surface area contributed by atoms with Gasteiger partial charge in [0.15, 0.2) is 0 Å². The lowest BCUT2D eigenvalue weighted by molar-refractivity contribution is -0.143. The standard InChI is InChI=1S/C20H28N4O2/c1-3-4-6-18(25)23-10-5-8-20(14-23)9-7-19(26)24(15-20)13-17-12-21-16(2)11-22-17/h3,11-12H,1,4-10,13-15H2,2H3/t20-/m1/s1. The molecule has 1 aromatic heterocycles. The summed E-state index contributed by atoms with van der Waals surface area (Å²) in [5.41, 5.74) is 1.71. The van der Waals surface area contributed by atoms with E-state index in [2.05, 4.69) is 16.5 Å². The second kappa shape index (κ2) is 7.98. The molecular weight excluding hydrogens is 328 g/mol. The van der Waals surface area contributed by atoms with E-state index in [1.165, 1.54) is 0 Å². The van der Waals surface area contributed by atoms with Gasteiger partial charge in [-0.2, -0.15) is 0 Å². The first kappa shape index (κ1) is 18.5. The number of carbonyl (C=O) groups is 2. The van der Waals surface area contributed by atoms with Crippen LogP contribution in [0, 0.1) is 12.3 Å². The molecular formula is C20H28N4O2. The molecule has 26 heavy (non-hydrogen) atoms. The summed E-state index contributed by atoms with van der Waals surface area (Å²) in [6, 6.07) is 0. The number of hydrogen-bond donors (Lipinski definition) is 0. The zero-order valence-electron chi connectivity index (χ0n) is 15.6. The maximum Gasteiger partial charge on any atom is 0.222 e. The van der Waals surface area contributed by atoms with Crippen LogP contribution in [0.25, 0.3) is 0 Å². The highest BCUT2D eigenvalue weighted by Gasteiger charge is 2.42. The monoisotopic (exact) mass is 356 g/mol. The van der Waals surface area contributed by atoms with E-state index in [-0.39, 0.29) is 17.2 Å². The third kappa shape index (κ3) is 4.29. The van der Waals surface area contributed by atoms with Gasteiger partial charge in [-0.05, 0) is 32.6 Å². The largest absolute Gasteiger partial charge is 0.342 e. The van der Waals surface area contributed by atoms with E-state index in [9.17, 15) is 9.59 Å². The van der Waals surface area contributed by atoms with E-state index in [1.54, 1.807) is 18.5 Å². The van der Waals surface area contributed by atoms with Crippen LogP contribution < -0.4 is 0 Å². The highest BCUT2D eigenvalue weighted by atomic mass is 16.2. The summed E-state index contributed by atoms with van der Waals surface area (Å²) in [7, 11) is 0. The van der Waals surface area contributed by atoms with Crippen LogP contribution in [0.2, 0.25) is 0 Å². The Bertz CT molecular complexity index is 673. The number of allylic oxidation sites excluding steroid dienone is 1. The molecule has 6 nitrogen and oxygen atoms in total. The molecule has 3 rings (SSSR count). The molecule has 1 aromatic rings. The van der Waals surface area contributed by atoms with Crippen LogP contribution in [0.5, 0.6) is 0 Å². The van der Waals surface area contributed by atoms with Crippen molar-refractivity contribution in [3.05, 3.63) is 36.4 Å². The van der Waals surface area contributed by atoms with Crippen molar-refractivity contribution in [1.29, 1.82) is 0 Å². The van der Waals surface area contributed by atoms with Crippen LogP contribution >= 0.6 is 0 Å². The quantitative estimate of drug-likeness (QED) is 0.760. The first-order chi connectivity index (χ1) is 12.5. The van der Waals surface area contributed by atoms with Crippen LogP contribution in [-0.2, 0) is 16.1 Å². The van der Waals surface area contributed by atoms with E-state index >= 15 is 0 Å². The molecule has 140 valence electrons. The Morgan fingerprint density at radius 1 is 1.31 bits per heavy atom. The molecule has 2 aliphatic heterocycles. The molecule has 2 fully saturated rings. The Balaban J connectivity index is 1.67. The average molecular weight is 356 g/mol. The van der Waals surface area contributed by atoms with Crippen LogP contribution in [0.1, 0.15) is 49.9 Å². The molecule has 0 saturated carbocycles. The molecule has 2 aliphatic rings. The number of piperidine rings is 2. The van der Waals surface area contributed by atoms with Crippen molar-refractivity contribution in [3.8, 4) is 0 Å². The molecule has 0 N–H and O–H groups in total. The van der Waals surface area contributed by atoms with E-state index < -0.39 is 0 Å². The molecule has 6 heteroatoms. The number of nitrogens with zero attached hydrogens (tertiary/aromatic N) is 4. The van der Waals surface area contributed by atoms with Crippen molar-refractivity contribution < 1.29 is 9.59 Å². The van der Waals surface area contributed by atoms with Gasteiger partial charge in [-0.3, -0.25) is 19.6 Å². The van der Waals surface area contributed by atoms with E-state index in [1.807, 2.05) is 16.7 Å². The van der Waals surface area contributed by atoms with Gasteiger partial charge in [0.1, 0.15) is 0 Å². The Kier molecular flexibility index (Phi) is 5.69. The molecule has 0 unspecified atom stereocenters. The summed E-state index contributed by atoms with van der Waals surface area (Å²) in [6.45, 7) is 8.38. The van der Waals surface area contributed by atoms with Crippen molar-refractivity contribution in [1.82, 2.24) is 19.8 Å². The molecule has 1 spiro atoms. The fraction of sp³-hybridized carbons (Fsp3) is 0.600. The summed E-state index contributed by atoms with van der Waals surface area (Å²) >= 11 is 0. The summed E-state index contributed by atoms with van der Waals surface area (Å²) < 4.78 is 0. The van der Waals surface area contributed by atoms with Crippen molar-refractivity contribution in [2.75, 3.05) is 19.6 Å². The lowest BCUT2D eigenvalue weighted by Gasteiger charge is -2.48. The third-order valence-corrected chi connectivity index (χ3v) is 5.51. The molecule has 0 aromatic carbocycles. The number of aryl methyl sites for hydroxylation is 1. The maximum absolute atomic E-state index is 12.4. The van der Waals surface area contributed by atoms with Crippen LogP contribution in [0.4, 0.5) is 0 Å². The SMILES string of the molecule is C=CCCC(=O)N1CCC[C@@]2(CCC(=O)N(Cc3cnc(C)cn3)C2)C1. The van der Waals surface area contributed by atoms with Gasteiger partial charge in [0.2, 0.25) is 11.8 Å².